The first-order valence-electron chi connectivity index (χ1n) is 9.66. The molecule has 0 aliphatic heterocycles. The van der Waals surface area contributed by atoms with Gasteiger partial charge in [0.05, 0.1) is 17.9 Å². The third-order valence-electron chi connectivity index (χ3n) is 5.00. The smallest absolute Gasteiger partial charge is 0.182 e. The molecule has 4 rings (SSSR count). The van der Waals surface area contributed by atoms with Crippen LogP contribution in [0, 0.1) is 0 Å². The van der Waals surface area contributed by atoms with Crippen LogP contribution < -0.4 is 0 Å². The number of benzene rings is 3. The zero-order chi connectivity index (χ0) is 20.2. The van der Waals surface area contributed by atoms with Crippen molar-refractivity contribution in [3.8, 4) is 22.5 Å². The summed E-state index contributed by atoms with van der Waals surface area (Å²) in [6.07, 6.45) is 0.958. The van der Waals surface area contributed by atoms with Crippen molar-refractivity contribution < 1.29 is 4.79 Å². The molecule has 0 N–H and O–H groups in total. The summed E-state index contributed by atoms with van der Waals surface area (Å²) in [5, 5.41) is 0. The van der Waals surface area contributed by atoms with Crippen molar-refractivity contribution >= 4 is 21.7 Å². The average Bonchev–Trinajstić information content (AvgIpc) is 3.11. The van der Waals surface area contributed by atoms with Crippen molar-refractivity contribution in [2.45, 2.75) is 19.9 Å². The first kappa shape index (κ1) is 19.3. The van der Waals surface area contributed by atoms with E-state index in [-0.39, 0.29) is 12.3 Å². The summed E-state index contributed by atoms with van der Waals surface area (Å²) in [4.78, 5) is 17.8. The minimum atomic E-state index is 0.0579. The van der Waals surface area contributed by atoms with Crippen molar-refractivity contribution in [2.24, 2.45) is 0 Å². The number of aryl methyl sites for hydroxylation is 1. The van der Waals surface area contributed by atoms with Crippen LogP contribution in [-0.4, -0.2) is 15.3 Å². The molecular weight excluding hydrogens is 424 g/mol. The van der Waals surface area contributed by atoms with Crippen molar-refractivity contribution in [1.82, 2.24) is 9.55 Å². The third-order valence-corrected chi connectivity index (χ3v) is 5.61. The highest BCUT2D eigenvalue weighted by atomic mass is 79.9. The van der Waals surface area contributed by atoms with Gasteiger partial charge in [0.1, 0.15) is 0 Å². The van der Waals surface area contributed by atoms with E-state index in [1.54, 1.807) is 0 Å². The molecule has 0 radical (unpaired) electrons. The Bertz CT molecular complexity index is 1120. The summed E-state index contributed by atoms with van der Waals surface area (Å²) in [7, 11) is 0. The molecule has 0 unspecified atom stereocenters. The number of aromatic nitrogens is 2. The maximum Gasteiger partial charge on any atom is 0.182 e. The summed E-state index contributed by atoms with van der Waals surface area (Å²) in [5.41, 5.74) is 5.77. The van der Waals surface area contributed by atoms with Crippen LogP contribution in [-0.2, 0) is 13.0 Å². The molecule has 0 aliphatic rings. The van der Waals surface area contributed by atoms with Gasteiger partial charge in [0, 0.05) is 16.7 Å². The van der Waals surface area contributed by atoms with E-state index in [1.165, 1.54) is 5.56 Å². The van der Waals surface area contributed by atoms with E-state index in [1.807, 2.05) is 89.5 Å². The Morgan fingerprint density at radius 3 is 2.03 bits per heavy atom. The minimum Gasteiger partial charge on any atom is -0.310 e. The molecule has 0 amide bonds. The first-order valence-corrected chi connectivity index (χ1v) is 10.5. The Labute approximate surface area is 179 Å². The summed E-state index contributed by atoms with van der Waals surface area (Å²) in [6, 6.07) is 28.0. The molecule has 0 spiro atoms. The van der Waals surface area contributed by atoms with Crippen LogP contribution in [0.1, 0.15) is 22.8 Å². The molecule has 1 aromatic heterocycles. The van der Waals surface area contributed by atoms with Gasteiger partial charge in [-0.05, 0) is 27.9 Å². The zero-order valence-electron chi connectivity index (χ0n) is 16.2. The molecule has 0 fully saturated rings. The first-order chi connectivity index (χ1) is 14.2. The number of hydrogen-bond acceptors (Lipinski definition) is 2. The average molecular weight is 445 g/mol. The highest BCUT2D eigenvalue weighted by Crippen LogP contribution is 2.34. The van der Waals surface area contributed by atoms with Gasteiger partial charge in [-0.2, -0.15) is 0 Å². The molecule has 0 atom stereocenters. The molecule has 144 valence electrons. The fourth-order valence-corrected chi connectivity index (χ4v) is 3.90. The molecule has 4 aromatic rings. The largest absolute Gasteiger partial charge is 0.310 e. The maximum absolute atomic E-state index is 13.0. The number of nitrogens with zero attached hydrogens (tertiary/aromatic N) is 2. The van der Waals surface area contributed by atoms with E-state index < -0.39 is 0 Å². The van der Waals surface area contributed by atoms with E-state index in [0.717, 1.165) is 28.9 Å². The summed E-state index contributed by atoms with van der Waals surface area (Å²) in [6.45, 7) is 2.33. The van der Waals surface area contributed by atoms with E-state index >= 15 is 0 Å². The number of carbonyl (C=O) groups excluding carboxylic acids is 1. The maximum atomic E-state index is 13.0. The number of imidazole rings is 1. The van der Waals surface area contributed by atoms with Gasteiger partial charge in [0.15, 0.2) is 10.5 Å². The Hall–Kier alpha value is -2.98. The molecule has 29 heavy (non-hydrogen) atoms. The number of hydrogen-bond donors (Lipinski definition) is 0. The highest BCUT2D eigenvalue weighted by Gasteiger charge is 2.21. The quantitative estimate of drug-likeness (QED) is 0.321. The predicted octanol–water partition coefficient (Wildman–Crippen LogP) is 6.42. The standard InChI is InChI=1S/C25H21BrN2O/c1-2-18-13-15-19(16-14-18)22(29)17-28-24(21-11-7-4-8-12-21)23(27-25(28)26)20-9-5-3-6-10-20/h3-16H,2,17H2,1H3. The molecule has 0 aliphatic carbocycles. The molecule has 3 nitrogen and oxygen atoms in total. The van der Waals surface area contributed by atoms with E-state index in [9.17, 15) is 4.79 Å². The second-order valence-electron chi connectivity index (χ2n) is 6.87. The lowest BCUT2D eigenvalue weighted by atomic mass is 10.0. The second-order valence-corrected chi connectivity index (χ2v) is 7.58. The van der Waals surface area contributed by atoms with Crippen LogP contribution in [0.3, 0.4) is 0 Å². The minimum absolute atomic E-state index is 0.0579. The molecule has 1 heterocycles. The predicted molar refractivity (Wildman–Crippen MR) is 121 cm³/mol. The lowest BCUT2D eigenvalue weighted by Crippen LogP contribution is -2.12. The molecule has 0 saturated carbocycles. The SMILES string of the molecule is CCc1ccc(C(=O)Cn2c(Br)nc(-c3ccccc3)c2-c2ccccc2)cc1. The van der Waals surface area contributed by atoms with Crippen LogP contribution in [0.2, 0.25) is 0 Å². The van der Waals surface area contributed by atoms with Gasteiger partial charge in [-0.15, -0.1) is 0 Å². The van der Waals surface area contributed by atoms with Crippen LogP contribution in [0.15, 0.2) is 89.7 Å². The Morgan fingerprint density at radius 2 is 1.45 bits per heavy atom. The molecule has 0 bridgehead atoms. The number of carbonyl (C=O) groups is 1. The normalized spacial score (nSPS) is 10.8. The zero-order valence-corrected chi connectivity index (χ0v) is 17.8. The Balaban J connectivity index is 1.78. The van der Waals surface area contributed by atoms with Crippen molar-refractivity contribution in [3.05, 3.63) is 101 Å². The number of halogens is 1. The topological polar surface area (TPSA) is 34.9 Å². The van der Waals surface area contributed by atoms with Gasteiger partial charge in [-0.25, -0.2) is 4.98 Å². The number of Topliss-reactive ketones (excluding diaryl/α,β-unsaturated/α-hetero) is 1. The molecule has 0 saturated heterocycles. The van der Waals surface area contributed by atoms with Gasteiger partial charge in [0.2, 0.25) is 0 Å². The number of ketones is 1. The highest BCUT2D eigenvalue weighted by molar-refractivity contribution is 9.10. The van der Waals surface area contributed by atoms with E-state index in [0.29, 0.717) is 10.3 Å². The molecule has 4 heteroatoms. The van der Waals surface area contributed by atoms with Gasteiger partial charge >= 0.3 is 0 Å². The van der Waals surface area contributed by atoms with Gasteiger partial charge in [0.25, 0.3) is 0 Å². The van der Waals surface area contributed by atoms with Crippen LogP contribution in [0.25, 0.3) is 22.5 Å². The second kappa shape index (κ2) is 8.58. The van der Waals surface area contributed by atoms with Crippen LogP contribution in [0.5, 0.6) is 0 Å². The van der Waals surface area contributed by atoms with Crippen LogP contribution >= 0.6 is 15.9 Å². The fraction of sp³-hybridized carbons (Fsp3) is 0.120. The van der Waals surface area contributed by atoms with Gasteiger partial charge in [-0.1, -0.05) is 91.9 Å². The van der Waals surface area contributed by atoms with E-state index in [4.69, 9.17) is 4.98 Å². The Kier molecular flexibility index (Phi) is 5.72. The fourth-order valence-electron chi connectivity index (χ4n) is 3.42. The molecular formula is C25H21BrN2O. The van der Waals surface area contributed by atoms with Crippen LogP contribution in [0.4, 0.5) is 0 Å². The van der Waals surface area contributed by atoms with Crippen molar-refractivity contribution in [1.29, 1.82) is 0 Å². The lowest BCUT2D eigenvalue weighted by molar-refractivity contribution is 0.0972. The van der Waals surface area contributed by atoms with Gasteiger partial charge < -0.3 is 4.57 Å². The molecule has 3 aromatic carbocycles. The van der Waals surface area contributed by atoms with Gasteiger partial charge in [-0.3, -0.25) is 4.79 Å². The lowest BCUT2D eigenvalue weighted by Gasteiger charge is -2.11. The summed E-state index contributed by atoms with van der Waals surface area (Å²) in [5.74, 6) is 0.0579. The monoisotopic (exact) mass is 444 g/mol. The van der Waals surface area contributed by atoms with Crippen molar-refractivity contribution in [2.75, 3.05) is 0 Å². The number of rotatable bonds is 6. The summed E-state index contributed by atoms with van der Waals surface area (Å²) < 4.78 is 2.60. The van der Waals surface area contributed by atoms with E-state index in [2.05, 4.69) is 22.9 Å². The van der Waals surface area contributed by atoms with Crippen molar-refractivity contribution in [3.63, 3.8) is 0 Å². The Morgan fingerprint density at radius 1 is 0.862 bits per heavy atom. The third kappa shape index (κ3) is 4.08. The summed E-state index contributed by atoms with van der Waals surface area (Å²) >= 11 is 3.59.